The molecule has 1 aliphatic rings. The van der Waals surface area contributed by atoms with E-state index in [2.05, 4.69) is 4.72 Å². The van der Waals surface area contributed by atoms with Gasteiger partial charge in [0.1, 0.15) is 18.1 Å². The van der Waals surface area contributed by atoms with E-state index in [1.807, 2.05) is 20.8 Å². The van der Waals surface area contributed by atoms with E-state index in [4.69, 9.17) is 21.1 Å². The van der Waals surface area contributed by atoms with Crippen molar-refractivity contribution in [3.8, 4) is 11.5 Å². The molecule has 2 aromatic rings. The van der Waals surface area contributed by atoms with Crippen LogP contribution >= 0.6 is 11.6 Å². The molecular formula is C20H23ClN2O5S. The molecule has 7 nitrogen and oxygen atoms in total. The van der Waals surface area contributed by atoms with Gasteiger partial charge in [0.15, 0.2) is 0 Å². The van der Waals surface area contributed by atoms with Gasteiger partial charge in [-0.1, -0.05) is 11.6 Å². The first-order valence-corrected chi connectivity index (χ1v) is 10.9. The summed E-state index contributed by atoms with van der Waals surface area (Å²) >= 11 is 6.05. The fourth-order valence-corrected chi connectivity index (χ4v) is 4.45. The number of benzene rings is 2. The van der Waals surface area contributed by atoms with Crippen molar-refractivity contribution in [2.75, 3.05) is 29.9 Å². The summed E-state index contributed by atoms with van der Waals surface area (Å²) in [6.45, 7) is 6.20. The van der Waals surface area contributed by atoms with Crippen LogP contribution in [0.4, 0.5) is 11.4 Å². The fourth-order valence-electron chi connectivity index (χ4n) is 3.05. The first kappa shape index (κ1) is 21.3. The number of nitrogens with one attached hydrogen (secondary N) is 1. The predicted octanol–water partition coefficient (Wildman–Crippen LogP) is 3.92. The lowest BCUT2D eigenvalue weighted by Gasteiger charge is -2.26. The number of amides is 1. The minimum atomic E-state index is -3.88. The zero-order valence-corrected chi connectivity index (χ0v) is 18.2. The number of nitrogens with zero attached hydrogens (tertiary/aromatic N) is 1. The van der Waals surface area contributed by atoms with Crippen molar-refractivity contribution < 1.29 is 22.7 Å². The fraction of sp³-hybridized carbons (Fsp3) is 0.350. The molecule has 0 atom stereocenters. The highest BCUT2D eigenvalue weighted by atomic mass is 35.5. The van der Waals surface area contributed by atoms with Gasteiger partial charge in [-0.2, -0.15) is 0 Å². The Morgan fingerprint density at radius 1 is 1.24 bits per heavy atom. The Balaban J connectivity index is 1.93. The molecule has 1 heterocycles. The molecule has 0 spiro atoms. The maximum absolute atomic E-state index is 12.8. The molecule has 0 unspecified atom stereocenters. The van der Waals surface area contributed by atoms with E-state index in [1.54, 1.807) is 23.1 Å². The molecule has 29 heavy (non-hydrogen) atoms. The van der Waals surface area contributed by atoms with Crippen LogP contribution in [0.5, 0.6) is 11.5 Å². The minimum absolute atomic E-state index is 0.00524. The van der Waals surface area contributed by atoms with E-state index >= 15 is 0 Å². The third kappa shape index (κ3) is 4.13. The first-order chi connectivity index (χ1) is 13.6. The van der Waals surface area contributed by atoms with Crippen LogP contribution in [-0.2, 0) is 14.8 Å². The second-order valence-electron chi connectivity index (χ2n) is 7.31. The van der Waals surface area contributed by atoms with E-state index in [9.17, 15) is 13.2 Å². The molecule has 0 aromatic heterocycles. The summed E-state index contributed by atoms with van der Waals surface area (Å²) in [5, 5.41) is 0.194. The molecule has 3 rings (SSSR count). The van der Waals surface area contributed by atoms with Crippen LogP contribution < -0.4 is 19.1 Å². The van der Waals surface area contributed by atoms with Crippen LogP contribution in [0.1, 0.15) is 20.8 Å². The van der Waals surface area contributed by atoms with Crippen molar-refractivity contribution in [2.24, 2.45) is 5.41 Å². The second kappa shape index (κ2) is 7.76. The molecule has 9 heteroatoms. The largest absolute Gasteiger partial charge is 0.495 e. The maximum Gasteiger partial charge on any atom is 0.261 e. The van der Waals surface area contributed by atoms with Crippen molar-refractivity contribution in [1.29, 1.82) is 0 Å². The van der Waals surface area contributed by atoms with Gasteiger partial charge >= 0.3 is 0 Å². The summed E-state index contributed by atoms with van der Waals surface area (Å²) in [6, 6.07) is 9.07. The van der Waals surface area contributed by atoms with Crippen LogP contribution in [0.15, 0.2) is 41.3 Å². The number of ether oxygens (including phenoxy) is 2. The summed E-state index contributed by atoms with van der Waals surface area (Å²) in [4.78, 5) is 14.4. The minimum Gasteiger partial charge on any atom is -0.495 e. The molecule has 1 aliphatic heterocycles. The summed E-state index contributed by atoms with van der Waals surface area (Å²) in [6.07, 6.45) is 0. The van der Waals surface area contributed by atoms with Crippen LogP contribution in [0.2, 0.25) is 5.02 Å². The van der Waals surface area contributed by atoms with Crippen molar-refractivity contribution in [3.63, 3.8) is 0 Å². The van der Waals surface area contributed by atoms with Gasteiger partial charge in [-0.15, -0.1) is 0 Å². The van der Waals surface area contributed by atoms with E-state index in [1.165, 1.54) is 25.3 Å². The van der Waals surface area contributed by atoms with Gasteiger partial charge in [0.25, 0.3) is 10.0 Å². The molecule has 0 radical (unpaired) electrons. The number of sulfonamides is 1. The van der Waals surface area contributed by atoms with Gasteiger partial charge in [0.2, 0.25) is 5.91 Å². The Morgan fingerprint density at radius 3 is 2.59 bits per heavy atom. The van der Waals surface area contributed by atoms with Gasteiger partial charge in [-0.05, 0) is 51.1 Å². The lowest BCUT2D eigenvalue weighted by atomic mass is 9.93. The number of halogens is 1. The van der Waals surface area contributed by atoms with Crippen LogP contribution in [-0.4, -0.2) is 34.6 Å². The maximum atomic E-state index is 12.8. The highest BCUT2D eigenvalue weighted by molar-refractivity contribution is 7.92. The smallest absolute Gasteiger partial charge is 0.261 e. The molecule has 0 saturated heterocycles. The standard InChI is InChI=1S/C20H23ClN2O5S/c1-5-23-16-8-6-13(10-18(16)28-12-20(2,3)19(23)24)22-29(25,26)14-7-9-17(27-4)15(21)11-14/h6-11,22H,5,12H2,1-4H3. The molecular weight excluding hydrogens is 416 g/mol. The number of hydrogen-bond acceptors (Lipinski definition) is 5. The number of anilines is 2. The summed E-state index contributed by atoms with van der Waals surface area (Å²) < 4.78 is 38.9. The molecule has 2 aromatic carbocycles. The molecule has 0 saturated carbocycles. The molecule has 0 aliphatic carbocycles. The van der Waals surface area contributed by atoms with Gasteiger partial charge in [-0.25, -0.2) is 8.42 Å². The quantitative estimate of drug-likeness (QED) is 0.764. The normalized spacial score (nSPS) is 15.9. The van der Waals surface area contributed by atoms with E-state index < -0.39 is 15.4 Å². The van der Waals surface area contributed by atoms with Gasteiger partial charge in [0, 0.05) is 12.6 Å². The van der Waals surface area contributed by atoms with Gasteiger partial charge in [0.05, 0.1) is 33.8 Å². The average Bonchev–Trinajstić information content (AvgIpc) is 2.76. The first-order valence-electron chi connectivity index (χ1n) is 9.04. The zero-order valence-electron chi connectivity index (χ0n) is 16.7. The highest BCUT2D eigenvalue weighted by Crippen LogP contribution is 2.38. The van der Waals surface area contributed by atoms with Gasteiger partial charge in [-0.3, -0.25) is 9.52 Å². The zero-order chi connectivity index (χ0) is 21.4. The van der Waals surface area contributed by atoms with Crippen molar-refractivity contribution in [1.82, 2.24) is 0 Å². The number of hydrogen-bond donors (Lipinski definition) is 1. The summed E-state index contributed by atoms with van der Waals surface area (Å²) in [5.74, 6) is 0.787. The average molecular weight is 439 g/mol. The number of methoxy groups -OCH3 is 1. The Bertz CT molecular complexity index is 1050. The van der Waals surface area contributed by atoms with Crippen LogP contribution in [0.3, 0.4) is 0 Å². The molecule has 1 N–H and O–H groups in total. The van der Waals surface area contributed by atoms with Crippen molar-refractivity contribution in [3.05, 3.63) is 41.4 Å². The monoisotopic (exact) mass is 438 g/mol. The number of rotatable bonds is 5. The van der Waals surface area contributed by atoms with E-state index in [0.29, 0.717) is 29.4 Å². The Morgan fingerprint density at radius 2 is 1.97 bits per heavy atom. The third-order valence-electron chi connectivity index (χ3n) is 4.67. The van der Waals surface area contributed by atoms with Crippen molar-refractivity contribution in [2.45, 2.75) is 25.7 Å². The number of carbonyl (C=O) groups is 1. The lowest BCUT2D eigenvalue weighted by molar-refractivity contribution is -0.127. The van der Waals surface area contributed by atoms with Crippen LogP contribution in [0, 0.1) is 5.41 Å². The number of carbonyl (C=O) groups excluding carboxylic acids is 1. The lowest BCUT2D eigenvalue weighted by Crippen LogP contribution is -2.42. The molecule has 0 bridgehead atoms. The Kier molecular flexibility index (Phi) is 5.69. The molecule has 1 amide bonds. The Hall–Kier alpha value is -2.45. The van der Waals surface area contributed by atoms with E-state index in [0.717, 1.165) is 0 Å². The predicted molar refractivity (Wildman–Crippen MR) is 113 cm³/mol. The summed E-state index contributed by atoms with van der Waals surface area (Å²) in [7, 11) is -2.42. The SMILES string of the molecule is CCN1C(=O)C(C)(C)COc2cc(NS(=O)(=O)c3ccc(OC)c(Cl)c3)ccc21. The highest BCUT2D eigenvalue weighted by Gasteiger charge is 2.37. The molecule has 156 valence electrons. The topological polar surface area (TPSA) is 84.9 Å². The van der Waals surface area contributed by atoms with Crippen molar-refractivity contribution >= 4 is 38.9 Å². The second-order valence-corrected chi connectivity index (χ2v) is 9.40. The molecule has 0 fully saturated rings. The van der Waals surface area contributed by atoms with E-state index in [-0.39, 0.29) is 22.4 Å². The third-order valence-corrected chi connectivity index (χ3v) is 6.34. The Labute approximate surface area is 175 Å². The van der Waals surface area contributed by atoms with Gasteiger partial charge < -0.3 is 14.4 Å². The van der Waals surface area contributed by atoms with Crippen LogP contribution in [0.25, 0.3) is 0 Å². The summed E-state index contributed by atoms with van der Waals surface area (Å²) in [5.41, 5.74) is 0.242. The number of fused-ring (bicyclic) bond motifs is 1.